The highest BCUT2D eigenvalue weighted by Gasteiger charge is 2.23. The predicted octanol–water partition coefficient (Wildman–Crippen LogP) is 2.24. The summed E-state index contributed by atoms with van der Waals surface area (Å²) in [5, 5.41) is 13.5. The Balaban J connectivity index is 1.68. The quantitative estimate of drug-likeness (QED) is 0.889. The highest BCUT2D eigenvalue weighted by Crippen LogP contribution is 2.33. The molecule has 2 atom stereocenters. The van der Waals surface area contributed by atoms with Crippen molar-refractivity contribution < 1.29 is 14.6 Å². The largest absolute Gasteiger partial charge is 0.490 e. The van der Waals surface area contributed by atoms with Crippen LogP contribution in [0.1, 0.15) is 37.7 Å². The number of hydrogen-bond donors (Lipinski definition) is 2. The molecule has 1 aromatic carbocycles. The number of para-hydroxylation sites is 1. The van der Waals surface area contributed by atoms with Gasteiger partial charge in [-0.3, -0.25) is 0 Å². The first-order valence-corrected chi connectivity index (χ1v) is 7.63. The Hall–Kier alpha value is -1.26. The second kappa shape index (κ2) is 6.46. The molecule has 4 nitrogen and oxygen atoms in total. The fourth-order valence-electron chi connectivity index (χ4n) is 2.98. The van der Waals surface area contributed by atoms with Crippen LogP contribution in [-0.4, -0.2) is 30.5 Å². The van der Waals surface area contributed by atoms with Crippen LogP contribution in [0.3, 0.4) is 0 Å². The van der Waals surface area contributed by atoms with Gasteiger partial charge in [-0.1, -0.05) is 25.0 Å². The maximum absolute atomic E-state index is 10.0. The van der Waals surface area contributed by atoms with E-state index >= 15 is 0 Å². The van der Waals surface area contributed by atoms with E-state index in [4.69, 9.17) is 9.47 Å². The van der Waals surface area contributed by atoms with Gasteiger partial charge in [-0.25, -0.2) is 0 Å². The summed E-state index contributed by atoms with van der Waals surface area (Å²) in [5.74, 6) is 1.70. The van der Waals surface area contributed by atoms with Gasteiger partial charge in [0.05, 0.1) is 19.3 Å². The summed E-state index contributed by atoms with van der Waals surface area (Å²) >= 11 is 0. The van der Waals surface area contributed by atoms with Crippen LogP contribution in [0.5, 0.6) is 11.5 Å². The van der Waals surface area contributed by atoms with Crippen molar-refractivity contribution in [2.45, 2.75) is 50.8 Å². The molecule has 1 aliphatic heterocycles. The third-order valence-corrected chi connectivity index (χ3v) is 4.14. The fraction of sp³-hybridized carbons (Fsp3) is 0.625. The molecule has 20 heavy (non-hydrogen) atoms. The van der Waals surface area contributed by atoms with E-state index in [1.807, 2.05) is 12.1 Å². The molecule has 0 bridgehead atoms. The van der Waals surface area contributed by atoms with Crippen molar-refractivity contribution in [3.63, 3.8) is 0 Å². The van der Waals surface area contributed by atoms with Crippen LogP contribution in [0.2, 0.25) is 0 Å². The van der Waals surface area contributed by atoms with Gasteiger partial charge in [0.15, 0.2) is 11.5 Å². The minimum Gasteiger partial charge on any atom is -0.490 e. The van der Waals surface area contributed by atoms with Gasteiger partial charge in [-0.2, -0.15) is 0 Å². The molecule has 1 aromatic rings. The minimum atomic E-state index is -0.219. The predicted molar refractivity (Wildman–Crippen MR) is 77.2 cm³/mol. The lowest BCUT2D eigenvalue weighted by Gasteiger charge is -2.28. The molecule has 4 heteroatoms. The molecule has 3 rings (SSSR count). The molecular weight excluding hydrogens is 254 g/mol. The lowest BCUT2D eigenvalue weighted by molar-refractivity contribution is 0.0901. The summed E-state index contributed by atoms with van der Waals surface area (Å²) in [6, 6.07) is 6.23. The molecule has 2 aliphatic rings. The summed E-state index contributed by atoms with van der Waals surface area (Å²) < 4.78 is 11.5. The molecule has 1 aliphatic carbocycles. The number of aliphatic hydroxyl groups excluding tert-OH is 1. The highest BCUT2D eigenvalue weighted by atomic mass is 16.5. The molecule has 110 valence electrons. The molecule has 1 saturated carbocycles. The Bertz CT molecular complexity index is 449. The number of hydrogen-bond acceptors (Lipinski definition) is 4. The van der Waals surface area contributed by atoms with Crippen molar-refractivity contribution in [1.82, 2.24) is 5.32 Å². The van der Waals surface area contributed by atoms with E-state index in [0.717, 1.165) is 42.7 Å². The Kier molecular flexibility index (Phi) is 4.43. The van der Waals surface area contributed by atoms with Crippen molar-refractivity contribution in [3.05, 3.63) is 23.8 Å². The third-order valence-electron chi connectivity index (χ3n) is 4.14. The zero-order valence-electron chi connectivity index (χ0n) is 11.8. The van der Waals surface area contributed by atoms with Crippen LogP contribution in [0.4, 0.5) is 0 Å². The van der Waals surface area contributed by atoms with E-state index in [9.17, 15) is 5.11 Å². The van der Waals surface area contributed by atoms with Crippen LogP contribution in [0, 0.1) is 0 Å². The molecule has 1 heterocycles. The maximum Gasteiger partial charge on any atom is 0.165 e. The molecule has 2 N–H and O–H groups in total. The second-order valence-electron chi connectivity index (χ2n) is 5.63. The van der Waals surface area contributed by atoms with Crippen LogP contribution in [0.15, 0.2) is 18.2 Å². The van der Waals surface area contributed by atoms with E-state index in [0.29, 0.717) is 19.8 Å². The molecule has 0 radical (unpaired) electrons. The van der Waals surface area contributed by atoms with Gasteiger partial charge < -0.3 is 19.9 Å². The highest BCUT2D eigenvalue weighted by molar-refractivity contribution is 5.47. The summed E-state index contributed by atoms with van der Waals surface area (Å²) in [6.45, 7) is 2.13. The van der Waals surface area contributed by atoms with Gasteiger partial charge in [0.25, 0.3) is 0 Å². The standard InChI is InChI=1S/C16H23NO3/c18-14-7-2-1-6-13(14)17-11-12-5-3-8-15-16(12)20-10-4-9-19-15/h3,5,8,13-14,17-18H,1-2,4,6-7,9-11H2. The first kappa shape index (κ1) is 13.7. The summed E-state index contributed by atoms with van der Waals surface area (Å²) in [5.41, 5.74) is 1.11. The van der Waals surface area contributed by atoms with Gasteiger partial charge in [0.1, 0.15) is 0 Å². The minimum absolute atomic E-state index is 0.200. The Morgan fingerprint density at radius 2 is 1.95 bits per heavy atom. The topological polar surface area (TPSA) is 50.7 Å². The summed E-state index contributed by atoms with van der Waals surface area (Å²) in [7, 11) is 0. The number of rotatable bonds is 3. The smallest absolute Gasteiger partial charge is 0.165 e. The second-order valence-corrected chi connectivity index (χ2v) is 5.63. The molecular formula is C16H23NO3. The van der Waals surface area contributed by atoms with Gasteiger partial charge >= 0.3 is 0 Å². The average Bonchev–Trinajstić information content (AvgIpc) is 2.72. The van der Waals surface area contributed by atoms with Crippen molar-refractivity contribution in [1.29, 1.82) is 0 Å². The van der Waals surface area contributed by atoms with Crippen molar-refractivity contribution in [2.75, 3.05) is 13.2 Å². The van der Waals surface area contributed by atoms with Crippen LogP contribution in [0.25, 0.3) is 0 Å². The SMILES string of the molecule is OC1CCCCC1NCc1cccc2c1OCCCO2. The Morgan fingerprint density at radius 3 is 2.85 bits per heavy atom. The van der Waals surface area contributed by atoms with E-state index in [-0.39, 0.29) is 12.1 Å². The van der Waals surface area contributed by atoms with E-state index in [1.165, 1.54) is 6.42 Å². The number of ether oxygens (including phenoxy) is 2. The summed E-state index contributed by atoms with van der Waals surface area (Å²) in [6.07, 6.45) is 4.99. The molecule has 0 saturated heterocycles. The van der Waals surface area contributed by atoms with Gasteiger partial charge in [-0.15, -0.1) is 0 Å². The van der Waals surface area contributed by atoms with Crippen molar-refractivity contribution >= 4 is 0 Å². The summed E-state index contributed by atoms with van der Waals surface area (Å²) in [4.78, 5) is 0. The van der Waals surface area contributed by atoms with Crippen LogP contribution in [-0.2, 0) is 6.54 Å². The first-order valence-electron chi connectivity index (χ1n) is 7.63. The monoisotopic (exact) mass is 277 g/mol. The zero-order valence-corrected chi connectivity index (χ0v) is 11.8. The van der Waals surface area contributed by atoms with Gasteiger partial charge in [0, 0.05) is 24.6 Å². The number of aliphatic hydroxyl groups is 1. The van der Waals surface area contributed by atoms with Crippen molar-refractivity contribution in [2.24, 2.45) is 0 Å². The average molecular weight is 277 g/mol. The lowest BCUT2D eigenvalue weighted by Crippen LogP contribution is -2.41. The fourth-order valence-corrected chi connectivity index (χ4v) is 2.98. The van der Waals surface area contributed by atoms with E-state index in [1.54, 1.807) is 0 Å². The molecule has 0 amide bonds. The van der Waals surface area contributed by atoms with E-state index < -0.39 is 0 Å². The Morgan fingerprint density at radius 1 is 1.10 bits per heavy atom. The first-order chi connectivity index (χ1) is 9.84. The molecule has 0 spiro atoms. The van der Waals surface area contributed by atoms with Gasteiger partial charge in [0.2, 0.25) is 0 Å². The number of benzene rings is 1. The van der Waals surface area contributed by atoms with Gasteiger partial charge in [-0.05, 0) is 18.9 Å². The number of nitrogens with one attached hydrogen (secondary N) is 1. The lowest BCUT2D eigenvalue weighted by atomic mass is 9.92. The zero-order chi connectivity index (χ0) is 13.8. The number of fused-ring (bicyclic) bond motifs is 1. The molecule has 0 aromatic heterocycles. The molecule has 1 fully saturated rings. The van der Waals surface area contributed by atoms with Crippen molar-refractivity contribution in [3.8, 4) is 11.5 Å². The Labute approximate surface area is 120 Å². The maximum atomic E-state index is 10.0. The molecule has 2 unspecified atom stereocenters. The third kappa shape index (κ3) is 3.07. The van der Waals surface area contributed by atoms with Crippen LogP contribution < -0.4 is 14.8 Å². The van der Waals surface area contributed by atoms with E-state index in [2.05, 4.69) is 11.4 Å². The normalized spacial score (nSPS) is 26.1. The van der Waals surface area contributed by atoms with Crippen LogP contribution >= 0.6 is 0 Å².